The van der Waals surface area contributed by atoms with E-state index in [1.165, 1.54) is 6.08 Å². The highest BCUT2D eigenvalue weighted by Gasteiger charge is 2.34. The van der Waals surface area contributed by atoms with Gasteiger partial charge in [-0.05, 0) is 25.0 Å². The summed E-state index contributed by atoms with van der Waals surface area (Å²) in [6, 6.07) is 5.57. The van der Waals surface area contributed by atoms with Crippen LogP contribution >= 0.6 is 0 Å². The molecular formula is C18H23N3O3. The molecule has 0 spiro atoms. The number of ether oxygens (including phenoxy) is 1. The number of amides is 2. The molecule has 0 aliphatic carbocycles. The minimum Gasteiger partial charge on any atom is -0.472 e. The molecule has 0 radical (unpaired) electrons. The van der Waals surface area contributed by atoms with Gasteiger partial charge in [-0.15, -0.1) is 0 Å². The highest BCUT2D eigenvalue weighted by atomic mass is 16.5. The number of hydrogen-bond donors (Lipinski definition) is 0. The summed E-state index contributed by atoms with van der Waals surface area (Å²) in [4.78, 5) is 32.1. The van der Waals surface area contributed by atoms with Crippen molar-refractivity contribution in [1.29, 1.82) is 0 Å². The van der Waals surface area contributed by atoms with Gasteiger partial charge < -0.3 is 14.5 Å². The fourth-order valence-corrected chi connectivity index (χ4v) is 3.35. The molecule has 0 aromatic carbocycles. The molecule has 24 heavy (non-hydrogen) atoms. The number of carbonyl (C=O) groups is 2. The summed E-state index contributed by atoms with van der Waals surface area (Å²) in [7, 11) is 0. The van der Waals surface area contributed by atoms with Crippen molar-refractivity contribution in [2.45, 2.75) is 25.4 Å². The van der Waals surface area contributed by atoms with Gasteiger partial charge in [0.15, 0.2) is 0 Å². The number of carbonyl (C=O) groups excluding carboxylic acids is 2. The fraction of sp³-hybridized carbons (Fsp3) is 0.500. The third-order valence-electron chi connectivity index (χ3n) is 4.71. The molecular weight excluding hydrogens is 306 g/mol. The lowest BCUT2D eigenvalue weighted by molar-refractivity contribution is -0.138. The Balaban J connectivity index is 1.48. The van der Waals surface area contributed by atoms with Crippen molar-refractivity contribution in [3.05, 3.63) is 37.1 Å². The molecule has 3 heterocycles. The first-order chi connectivity index (χ1) is 11.7. The summed E-state index contributed by atoms with van der Waals surface area (Å²) in [6.45, 7) is 6.10. The number of nitrogens with zero attached hydrogens (tertiary/aromatic N) is 3. The number of pyridine rings is 1. The zero-order valence-electron chi connectivity index (χ0n) is 13.8. The lowest BCUT2D eigenvalue weighted by atomic mass is 9.95. The molecule has 3 rings (SSSR count). The number of hydrogen-bond acceptors (Lipinski definition) is 4. The highest BCUT2D eigenvalue weighted by molar-refractivity contribution is 5.87. The van der Waals surface area contributed by atoms with Crippen LogP contribution in [0, 0.1) is 5.92 Å². The Hall–Kier alpha value is -2.37. The van der Waals surface area contributed by atoms with Crippen LogP contribution in [0.2, 0.25) is 0 Å². The predicted octanol–water partition coefficient (Wildman–Crippen LogP) is 1.49. The van der Waals surface area contributed by atoms with Gasteiger partial charge in [0, 0.05) is 44.2 Å². The average molecular weight is 329 g/mol. The Kier molecular flexibility index (Phi) is 5.13. The van der Waals surface area contributed by atoms with Crippen LogP contribution in [0.3, 0.4) is 0 Å². The highest BCUT2D eigenvalue weighted by Crippen LogP contribution is 2.23. The monoisotopic (exact) mass is 329 g/mol. The number of aromatic nitrogens is 1. The van der Waals surface area contributed by atoms with Gasteiger partial charge in [0.1, 0.15) is 6.10 Å². The zero-order valence-corrected chi connectivity index (χ0v) is 13.8. The zero-order chi connectivity index (χ0) is 16.9. The Bertz CT molecular complexity index is 597. The fourth-order valence-electron chi connectivity index (χ4n) is 3.35. The van der Waals surface area contributed by atoms with Crippen LogP contribution < -0.4 is 4.74 Å². The van der Waals surface area contributed by atoms with Gasteiger partial charge >= 0.3 is 0 Å². The van der Waals surface area contributed by atoms with Gasteiger partial charge in [-0.1, -0.05) is 12.6 Å². The summed E-state index contributed by atoms with van der Waals surface area (Å²) in [5.74, 6) is 0.749. The van der Waals surface area contributed by atoms with Crippen molar-refractivity contribution in [1.82, 2.24) is 14.8 Å². The van der Waals surface area contributed by atoms with Crippen LogP contribution in [0.4, 0.5) is 0 Å². The lowest BCUT2D eigenvalue weighted by Crippen LogP contribution is -2.43. The molecule has 2 aliphatic rings. The summed E-state index contributed by atoms with van der Waals surface area (Å²) in [5, 5.41) is 0. The molecule has 1 aromatic heterocycles. The van der Waals surface area contributed by atoms with E-state index in [1.54, 1.807) is 11.1 Å². The topological polar surface area (TPSA) is 62.7 Å². The summed E-state index contributed by atoms with van der Waals surface area (Å²) < 4.78 is 5.84. The summed E-state index contributed by atoms with van der Waals surface area (Å²) in [5.41, 5.74) is 0. The maximum absolute atomic E-state index is 12.7. The maximum atomic E-state index is 12.7. The van der Waals surface area contributed by atoms with E-state index in [0.717, 1.165) is 25.8 Å². The Labute approximate surface area is 142 Å². The first kappa shape index (κ1) is 16.5. The van der Waals surface area contributed by atoms with Gasteiger partial charge in [0.25, 0.3) is 0 Å². The molecule has 0 N–H and O–H groups in total. The van der Waals surface area contributed by atoms with Crippen molar-refractivity contribution < 1.29 is 14.3 Å². The average Bonchev–Trinajstić information content (AvgIpc) is 3.10. The van der Waals surface area contributed by atoms with Gasteiger partial charge in [-0.25, -0.2) is 4.98 Å². The predicted molar refractivity (Wildman–Crippen MR) is 89.4 cm³/mol. The second kappa shape index (κ2) is 7.47. The minimum absolute atomic E-state index is 0.00582. The quantitative estimate of drug-likeness (QED) is 0.785. The molecule has 2 saturated heterocycles. The van der Waals surface area contributed by atoms with Crippen molar-refractivity contribution >= 4 is 11.8 Å². The lowest BCUT2D eigenvalue weighted by Gasteiger charge is -2.32. The van der Waals surface area contributed by atoms with Crippen molar-refractivity contribution in [3.63, 3.8) is 0 Å². The van der Waals surface area contributed by atoms with Crippen LogP contribution in [-0.4, -0.2) is 58.9 Å². The second-order valence-electron chi connectivity index (χ2n) is 6.28. The Morgan fingerprint density at radius 3 is 2.58 bits per heavy atom. The van der Waals surface area contributed by atoms with Crippen LogP contribution in [0.5, 0.6) is 5.88 Å². The normalized spacial score (nSPS) is 21.6. The number of rotatable bonds is 4. The Morgan fingerprint density at radius 2 is 1.92 bits per heavy atom. The number of piperidine rings is 1. The molecule has 2 aliphatic heterocycles. The van der Waals surface area contributed by atoms with Crippen LogP contribution in [0.25, 0.3) is 0 Å². The molecule has 6 heteroatoms. The smallest absolute Gasteiger partial charge is 0.245 e. The summed E-state index contributed by atoms with van der Waals surface area (Å²) >= 11 is 0. The van der Waals surface area contributed by atoms with E-state index in [9.17, 15) is 9.59 Å². The van der Waals surface area contributed by atoms with E-state index < -0.39 is 0 Å². The van der Waals surface area contributed by atoms with Gasteiger partial charge in [-0.3, -0.25) is 9.59 Å². The van der Waals surface area contributed by atoms with Gasteiger partial charge in [0.2, 0.25) is 17.7 Å². The molecule has 1 atom stereocenters. The van der Waals surface area contributed by atoms with Crippen LogP contribution in [0.15, 0.2) is 37.1 Å². The second-order valence-corrected chi connectivity index (χ2v) is 6.28. The van der Waals surface area contributed by atoms with E-state index >= 15 is 0 Å². The molecule has 1 aromatic rings. The standard InChI is InChI=1S/C18H23N3O3/c1-2-17(22)20-10-6-14(7-11-20)18(23)21-12-8-15(13-21)24-16-5-3-4-9-19-16/h2-5,9,14-15H,1,6-8,10-13H2. The molecule has 6 nitrogen and oxygen atoms in total. The number of likely N-dealkylation sites (tertiary alicyclic amines) is 2. The van der Waals surface area contributed by atoms with E-state index in [0.29, 0.717) is 25.5 Å². The minimum atomic E-state index is -0.0501. The third-order valence-corrected chi connectivity index (χ3v) is 4.71. The Morgan fingerprint density at radius 1 is 1.17 bits per heavy atom. The maximum Gasteiger partial charge on any atom is 0.245 e. The largest absolute Gasteiger partial charge is 0.472 e. The van der Waals surface area contributed by atoms with Gasteiger partial charge in [-0.2, -0.15) is 0 Å². The molecule has 2 fully saturated rings. The molecule has 128 valence electrons. The third kappa shape index (κ3) is 3.75. The first-order valence-electron chi connectivity index (χ1n) is 8.45. The van der Waals surface area contributed by atoms with Crippen LogP contribution in [0.1, 0.15) is 19.3 Å². The van der Waals surface area contributed by atoms with Crippen molar-refractivity contribution in [2.24, 2.45) is 5.92 Å². The molecule has 0 bridgehead atoms. The van der Waals surface area contributed by atoms with Crippen LogP contribution in [-0.2, 0) is 9.59 Å². The van der Waals surface area contributed by atoms with E-state index in [1.807, 2.05) is 23.1 Å². The van der Waals surface area contributed by atoms with E-state index in [4.69, 9.17) is 4.74 Å². The van der Waals surface area contributed by atoms with Gasteiger partial charge in [0.05, 0.1) is 6.54 Å². The molecule has 2 amide bonds. The van der Waals surface area contributed by atoms with Crippen molar-refractivity contribution in [2.75, 3.05) is 26.2 Å². The molecule has 1 unspecified atom stereocenters. The molecule has 0 saturated carbocycles. The van der Waals surface area contributed by atoms with E-state index in [-0.39, 0.29) is 23.8 Å². The SMILES string of the molecule is C=CC(=O)N1CCC(C(=O)N2CCC(Oc3ccccn3)C2)CC1. The first-order valence-corrected chi connectivity index (χ1v) is 8.45. The summed E-state index contributed by atoms with van der Waals surface area (Å²) in [6.07, 6.45) is 5.32. The van der Waals surface area contributed by atoms with Crippen molar-refractivity contribution in [3.8, 4) is 5.88 Å². The van der Waals surface area contributed by atoms with E-state index in [2.05, 4.69) is 11.6 Å².